The molecule has 0 saturated heterocycles. The number of aryl methyl sites for hydroxylation is 4. The molecular weight excluding hydrogens is 360 g/mol. The van der Waals surface area contributed by atoms with Crippen LogP contribution in [0, 0.1) is 20.8 Å². The van der Waals surface area contributed by atoms with Crippen LogP contribution in [0.15, 0.2) is 41.3 Å². The lowest BCUT2D eigenvalue weighted by molar-refractivity contribution is 0.600. The number of fused-ring (bicyclic) bond motifs is 1. The maximum Gasteiger partial charge on any atom is 0.262 e. The summed E-state index contributed by atoms with van der Waals surface area (Å²) >= 11 is 0. The van der Waals surface area contributed by atoms with E-state index in [2.05, 4.69) is 19.5 Å². The minimum Gasteiger partial charge on any atom is -0.311 e. The summed E-state index contributed by atoms with van der Waals surface area (Å²) in [5.74, 6) is 1.77. The number of hydrogen-bond acceptors (Lipinski definition) is 4. The second kappa shape index (κ2) is 6.49. The summed E-state index contributed by atoms with van der Waals surface area (Å²) in [6, 6.07) is 11.1. The van der Waals surface area contributed by atoms with Crippen molar-refractivity contribution in [3.05, 3.63) is 58.9 Å². The van der Waals surface area contributed by atoms with Gasteiger partial charge in [0.1, 0.15) is 5.82 Å². The third kappa shape index (κ3) is 3.23. The van der Waals surface area contributed by atoms with Crippen molar-refractivity contribution in [2.24, 2.45) is 0 Å². The van der Waals surface area contributed by atoms with Gasteiger partial charge >= 0.3 is 0 Å². The van der Waals surface area contributed by atoms with Crippen molar-refractivity contribution in [1.82, 2.24) is 14.8 Å². The lowest BCUT2D eigenvalue weighted by Crippen LogP contribution is -2.16. The van der Waals surface area contributed by atoms with Crippen LogP contribution in [0.2, 0.25) is 0 Å². The molecule has 2 heterocycles. The largest absolute Gasteiger partial charge is 0.311 e. The fourth-order valence-corrected chi connectivity index (χ4v) is 5.39. The van der Waals surface area contributed by atoms with Crippen LogP contribution >= 0.6 is 0 Å². The first kappa shape index (κ1) is 17.7. The van der Waals surface area contributed by atoms with Gasteiger partial charge in [-0.15, -0.1) is 10.2 Å². The molecule has 4 rings (SSSR count). The summed E-state index contributed by atoms with van der Waals surface area (Å²) in [6.45, 7) is 6.51. The van der Waals surface area contributed by atoms with Gasteiger partial charge in [-0.25, -0.2) is 8.42 Å². The zero-order chi connectivity index (χ0) is 19.2. The Morgan fingerprint density at radius 3 is 2.52 bits per heavy atom. The first-order valence-corrected chi connectivity index (χ1v) is 10.5. The first-order chi connectivity index (χ1) is 12.8. The smallest absolute Gasteiger partial charge is 0.262 e. The summed E-state index contributed by atoms with van der Waals surface area (Å²) in [7, 11) is -3.68. The van der Waals surface area contributed by atoms with Crippen molar-refractivity contribution in [1.29, 1.82) is 0 Å². The van der Waals surface area contributed by atoms with Gasteiger partial charge in [0.15, 0.2) is 5.82 Å². The van der Waals surface area contributed by atoms with Crippen LogP contribution in [0.1, 0.15) is 28.9 Å². The number of sulfonamides is 1. The highest BCUT2D eigenvalue weighted by Gasteiger charge is 2.22. The second-order valence-corrected chi connectivity index (χ2v) is 8.73. The van der Waals surface area contributed by atoms with Gasteiger partial charge in [0.25, 0.3) is 10.0 Å². The number of rotatable bonds is 4. The predicted molar refractivity (Wildman–Crippen MR) is 105 cm³/mol. The zero-order valence-corrected chi connectivity index (χ0v) is 16.5. The molecule has 0 saturated carbocycles. The van der Waals surface area contributed by atoms with Crippen molar-refractivity contribution in [2.45, 2.75) is 45.1 Å². The molecule has 1 aliphatic heterocycles. The van der Waals surface area contributed by atoms with Crippen molar-refractivity contribution >= 4 is 15.7 Å². The van der Waals surface area contributed by atoms with E-state index in [0.29, 0.717) is 10.6 Å². The Kier molecular flexibility index (Phi) is 4.26. The van der Waals surface area contributed by atoms with Gasteiger partial charge < -0.3 is 4.57 Å². The van der Waals surface area contributed by atoms with Crippen molar-refractivity contribution in [3.63, 3.8) is 0 Å². The normalized spacial score (nSPS) is 13.6. The second-order valence-electron chi connectivity index (χ2n) is 7.11. The van der Waals surface area contributed by atoms with E-state index < -0.39 is 10.0 Å². The molecule has 0 fully saturated rings. The summed E-state index contributed by atoms with van der Waals surface area (Å²) in [5.41, 5.74) is 3.90. The van der Waals surface area contributed by atoms with Crippen LogP contribution in [0.4, 0.5) is 5.69 Å². The molecule has 6 nitrogen and oxygen atoms in total. The molecule has 0 atom stereocenters. The molecule has 0 aliphatic carbocycles. The molecule has 2 aromatic carbocycles. The molecule has 0 amide bonds. The van der Waals surface area contributed by atoms with E-state index in [0.717, 1.165) is 53.3 Å². The summed E-state index contributed by atoms with van der Waals surface area (Å²) in [5, 5.41) is 8.51. The van der Waals surface area contributed by atoms with Gasteiger partial charge in [0, 0.05) is 24.2 Å². The maximum atomic E-state index is 13.0. The van der Waals surface area contributed by atoms with Crippen molar-refractivity contribution in [3.8, 4) is 11.4 Å². The van der Waals surface area contributed by atoms with E-state index in [4.69, 9.17) is 0 Å². The number of nitrogens with one attached hydrogen (secondary N) is 1. The van der Waals surface area contributed by atoms with E-state index in [1.165, 1.54) is 0 Å². The van der Waals surface area contributed by atoms with E-state index in [1.54, 1.807) is 6.07 Å². The highest BCUT2D eigenvalue weighted by Crippen LogP contribution is 2.28. The molecule has 0 spiro atoms. The summed E-state index contributed by atoms with van der Waals surface area (Å²) < 4.78 is 30.8. The topological polar surface area (TPSA) is 76.9 Å². The minimum atomic E-state index is -3.68. The van der Waals surface area contributed by atoms with Gasteiger partial charge in [-0.2, -0.15) is 0 Å². The highest BCUT2D eigenvalue weighted by molar-refractivity contribution is 7.92. The van der Waals surface area contributed by atoms with Gasteiger partial charge in [-0.05, 0) is 50.5 Å². The van der Waals surface area contributed by atoms with E-state index in [9.17, 15) is 8.42 Å². The van der Waals surface area contributed by atoms with Crippen LogP contribution in [0.3, 0.4) is 0 Å². The first-order valence-electron chi connectivity index (χ1n) is 8.98. The summed E-state index contributed by atoms with van der Waals surface area (Å²) in [6.07, 6.45) is 2.00. The molecule has 1 aliphatic rings. The lowest BCUT2D eigenvalue weighted by Gasteiger charge is -2.14. The number of benzene rings is 2. The molecule has 1 N–H and O–H groups in total. The Bertz CT molecular complexity index is 1110. The molecule has 27 heavy (non-hydrogen) atoms. The molecule has 3 aromatic rings. The molecule has 140 valence electrons. The highest BCUT2D eigenvalue weighted by atomic mass is 32.2. The van der Waals surface area contributed by atoms with Gasteiger partial charge in [0.2, 0.25) is 0 Å². The molecule has 0 unspecified atom stereocenters. The Morgan fingerprint density at radius 1 is 1.04 bits per heavy atom. The van der Waals surface area contributed by atoms with E-state index >= 15 is 0 Å². The number of hydrogen-bond donors (Lipinski definition) is 1. The Labute approximate surface area is 159 Å². The van der Waals surface area contributed by atoms with Crippen LogP contribution < -0.4 is 4.72 Å². The average molecular weight is 382 g/mol. The van der Waals surface area contributed by atoms with E-state index in [-0.39, 0.29) is 0 Å². The van der Waals surface area contributed by atoms with Crippen LogP contribution in [-0.4, -0.2) is 23.2 Å². The van der Waals surface area contributed by atoms with Crippen molar-refractivity contribution < 1.29 is 8.42 Å². The number of anilines is 1. The van der Waals surface area contributed by atoms with E-state index in [1.807, 2.05) is 51.1 Å². The van der Waals surface area contributed by atoms with Crippen LogP contribution in [0.5, 0.6) is 0 Å². The van der Waals surface area contributed by atoms with Gasteiger partial charge in [-0.1, -0.05) is 29.8 Å². The summed E-state index contributed by atoms with van der Waals surface area (Å²) in [4.78, 5) is 0.335. The molecule has 0 bridgehead atoms. The third-order valence-electron chi connectivity index (χ3n) is 4.86. The Hall–Kier alpha value is -2.67. The Morgan fingerprint density at radius 2 is 1.78 bits per heavy atom. The molecule has 1 aromatic heterocycles. The standard InChI is InChI=1S/C20H22N4O2S/c1-13-10-14(2)19(15(3)11-13)27(25,26)23-17-7-4-6-16(12-17)20-22-21-18-8-5-9-24(18)20/h4,6-7,10-12,23H,5,8-9H2,1-3H3. The van der Waals surface area contributed by atoms with Gasteiger partial charge in [0.05, 0.1) is 4.90 Å². The average Bonchev–Trinajstić information content (AvgIpc) is 3.16. The third-order valence-corrected chi connectivity index (χ3v) is 6.54. The fraction of sp³-hybridized carbons (Fsp3) is 0.300. The fourth-order valence-electron chi connectivity index (χ4n) is 3.88. The van der Waals surface area contributed by atoms with Crippen molar-refractivity contribution in [2.75, 3.05) is 4.72 Å². The quantitative estimate of drug-likeness (QED) is 0.748. The maximum absolute atomic E-state index is 13.0. The van der Waals surface area contributed by atoms with Crippen LogP contribution in [0.25, 0.3) is 11.4 Å². The molecular formula is C20H22N4O2S. The SMILES string of the molecule is Cc1cc(C)c(S(=O)(=O)Nc2cccc(-c3nnc4n3CCC4)c2)c(C)c1. The Balaban J connectivity index is 1.69. The van der Waals surface area contributed by atoms with Crippen LogP contribution in [-0.2, 0) is 23.0 Å². The monoisotopic (exact) mass is 382 g/mol. The minimum absolute atomic E-state index is 0.335. The molecule has 7 heteroatoms. The lowest BCUT2D eigenvalue weighted by atomic mass is 10.1. The van der Waals surface area contributed by atoms with Gasteiger partial charge in [-0.3, -0.25) is 4.72 Å². The molecule has 0 radical (unpaired) electrons. The number of aromatic nitrogens is 3. The predicted octanol–water partition coefficient (Wildman–Crippen LogP) is 3.62. The zero-order valence-electron chi connectivity index (χ0n) is 15.7. The number of nitrogens with zero attached hydrogens (tertiary/aromatic N) is 3.